The summed E-state index contributed by atoms with van der Waals surface area (Å²) in [5.74, 6) is 0.392. The monoisotopic (exact) mass is 265 g/mol. The molecule has 0 saturated carbocycles. The Morgan fingerprint density at radius 2 is 1.84 bits per heavy atom. The largest absolute Gasteiger partial charge is 0.481 e. The Balaban J connectivity index is 2.76. The van der Waals surface area contributed by atoms with Crippen molar-refractivity contribution in [2.45, 2.75) is 40.3 Å². The summed E-state index contributed by atoms with van der Waals surface area (Å²) in [6.45, 7) is 8.98. The van der Waals surface area contributed by atoms with Crippen molar-refractivity contribution in [3.05, 3.63) is 28.8 Å². The molecule has 0 unspecified atom stereocenters. The SMILES string of the molecule is COC(=O)COc1c(C)cc(CNC(C)C)cc1C. The molecule has 0 aliphatic heterocycles. The van der Waals surface area contributed by atoms with E-state index in [2.05, 4.69) is 36.0 Å². The van der Waals surface area contributed by atoms with Gasteiger partial charge in [-0.2, -0.15) is 0 Å². The van der Waals surface area contributed by atoms with E-state index in [1.807, 2.05) is 13.8 Å². The number of hydrogen-bond acceptors (Lipinski definition) is 4. The Morgan fingerprint density at radius 3 is 2.32 bits per heavy atom. The molecule has 1 N–H and O–H groups in total. The second-order valence-electron chi connectivity index (χ2n) is 4.96. The van der Waals surface area contributed by atoms with Crippen LogP contribution in [0.4, 0.5) is 0 Å². The zero-order valence-corrected chi connectivity index (χ0v) is 12.4. The number of benzene rings is 1. The molecule has 0 spiro atoms. The van der Waals surface area contributed by atoms with E-state index >= 15 is 0 Å². The molecule has 0 saturated heterocycles. The molecule has 0 bridgehead atoms. The second kappa shape index (κ2) is 7.14. The van der Waals surface area contributed by atoms with Crippen molar-refractivity contribution in [1.29, 1.82) is 0 Å². The van der Waals surface area contributed by atoms with Gasteiger partial charge in [-0.1, -0.05) is 26.0 Å². The first kappa shape index (κ1) is 15.5. The fourth-order valence-corrected chi connectivity index (χ4v) is 1.88. The van der Waals surface area contributed by atoms with E-state index in [0.29, 0.717) is 6.04 Å². The number of nitrogens with one attached hydrogen (secondary N) is 1. The summed E-state index contributed by atoms with van der Waals surface area (Å²) in [5.41, 5.74) is 3.28. The van der Waals surface area contributed by atoms with Gasteiger partial charge >= 0.3 is 5.97 Å². The molecule has 4 nitrogen and oxygen atoms in total. The molecular formula is C15H23NO3. The molecule has 1 rings (SSSR count). The fourth-order valence-electron chi connectivity index (χ4n) is 1.88. The maximum atomic E-state index is 11.1. The highest BCUT2D eigenvalue weighted by molar-refractivity contribution is 5.71. The van der Waals surface area contributed by atoms with Gasteiger partial charge in [-0.05, 0) is 30.5 Å². The van der Waals surface area contributed by atoms with E-state index in [9.17, 15) is 4.79 Å². The van der Waals surface area contributed by atoms with Gasteiger partial charge in [-0.15, -0.1) is 0 Å². The van der Waals surface area contributed by atoms with Crippen LogP contribution in [-0.2, 0) is 16.1 Å². The van der Waals surface area contributed by atoms with Crippen molar-refractivity contribution in [1.82, 2.24) is 5.32 Å². The Bertz CT molecular complexity index is 418. The molecule has 19 heavy (non-hydrogen) atoms. The summed E-state index contributed by atoms with van der Waals surface area (Å²) in [7, 11) is 1.35. The topological polar surface area (TPSA) is 47.6 Å². The van der Waals surface area contributed by atoms with Crippen LogP contribution in [0.2, 0.25) is 0 Å². The van der Waals surface area contributed by atoms with Crippen molar-refractivity contribution < 1.29 is 14.3 Å². The third kappa shape index (κ3) is 4.91. The minimum atomic E-state index is -0.371. The van der Waals surface area contributed by atoms with Gasteiger partial charge in [0.2, 0.25) is 0 Å². The molecule has 0 atom stereocenters. The minimum Gasteiger partial charge on any atom is -0.481 e. The van der Waals surface area contributed by atoms with Crippen molar-refractivity contribution >= 4 is 5.97 Å². The van der Waals surface area contributed by atoms with E-state index in [1.54, 1.807) is 0 Å². The van der Waals surface area contributed by atoms with Crippen LogP contribution in [0.25, 0.3) is 0 Å². The van der Waals surface area contributed by atoms with Crippen LogP contribution in [0, 0.1) is 13.8 Å². The highest BCUT2D eigenvalue weighted by Gasteiger charge is 2.09. The highest BCUT2D eigenvalue weighted by Crippen LogP contribution is 2.24. The maximum absolute atomic E-state index is 11.1. The summed E-state index contributed by atoms with van der Waals surface area (Å²) in [6, 6.07) is 4.61. The number of aryl methyl sites for hydroxylation is 2. The number of carbonyl (C=O) groups excluding carboxylic acids is 1. The van der Waals surface area contributed by atoms with E-state index < -0.39 is 0 Å². The molecule has 1 aromatic carbocycles. The van der Waals surface area contributed by atoms with Crippen LogP contribution < -0.4 is 10.1 Å². The third-order valence-corrected chi connectivity index (χ3v) is 2.80. The Kier molecular flexibility index (Phi) is 5.83. The van der Waals surface area contributed by atoms with Crippen LogP contribution in [0.15, 0.2) is 12.1 Å². The zero-order chi connectivity index (χ0) is 14.4. The van der Waals surface area contributed by atoms with Crippen LogP contribution in [0.3, 0.4) is 0 Å². The molecule has 1 aromatic rings. The lowest BCUT2D eigenvalue weighted by molar-refractivity contribution is -0.142. The van der Waals surface area contributed by atoms with E-state index in [1.165, 1.54) is 12.7 Å². The van der Waals surface area contributed by atoms with Gasteiger partial charge in [0.25, 0.3) is 0 Å². The second-order valence-corrected chi connectivity index (χ2v) is 4.96. The lowest BCUT2D eigenvalue weighted by Gasteiger charge is -2.14. The molecule has 0 aromatic heterocycles. The summed E-state index contributed by atoms with van der Waals surface area (Å²) >= 11 is 0. The summed E-state index contributed by atoms with van der Waals surface area (Å²) in [4.78, 5) is 11.1. The number of rotatable bonds is 6. The summed E-state index contributed by atoms with van der Waals surface area (Å²) in [6.07, 6.45) is 0. The van der Waals surface area contributed by atoms with E-state index in [-0.39, 0.29) is 12.6 Å². The lowest BCUT2D eigenvalue weighted by atomic mass is 10.1. The van der Waals surface area contributed by atoms with Gasteiger partial charge in [-0.3, -0.25) is 0 Å². The van der Waals surface area contributed by atoms with E-state index in [4.69, 9.17) is 4.74 Å². The minimum absolute atomic E-state index is 0.0538. The van der Waals surface area contributed by atoms with Gasteiger partial charge in [0.05, 0.1) is 7.11 Å². The third-order valence-electron chi connectivity index (χ3n) is 2.80. The van der Waals surface area contributed by atoms with Crippen molar-refractivity contribution in [3.8, 4) is 5.75 Å². The summed E-state index contributed by atoms with van der Waals surface area (Å²) in [5, 5.41) is 3.38. The lowest BCUT2D eigenvalue weighted by Crippen LogP contribution is -2.22. The van der Waals surface area contributed by atoms with Gasteiger partial charge in [0.15, 0.2) is 6.61 Å². The Morgan fingerprint density at radius 1 is 1.26 bits per heavy atom. The smallest absolute Gasteiger partial charge is 0.343 e. The predicted molar refractivity (Wildman–Crippen MR) is 75.4 cm³/mol. The van der Waals surface area contributed by atoms with Gasteiger partial charge in [0, 0.05) is 12.6 Å². The van der Waals surface area contributed by atoms with Gasteiger partial charge < -0.3 is 14.8 Å². The molecule has 4 heteroatoms. The molecule has 0 aliphatic rings. The molecule has 0 fully saturated rings. The van der Waals surface area contributed by atoms with Gasteiger partial charge in [-0.25, -0.2) is 4.79 Å². The standard InChI is InChI=1S/C15H23NO3/c1-10(2)16-8-13-6-11(3)15(12(4)7-13)19-9-14(17)18-5/h6-7,10,16H,8-9H2,1-5H3. The maximum Gasteiger partial charge on any atom is 0.343 e. The molecule has 0 aliphatic carbocycles. The van der Waals surface area contributed by atoms with Crippen LogP contribution >= 0.6 is 0 Å². The molecule has 0 radical (unpaired) electrons. The average Bonchev–Trinajstić information content (AvgIpc) is 2.34. The number of ether oxygens (including phenoxy) is 2. The predicted octanol–water partition coefficient (Wildman–Crippen LogP) is 2.35. The van der Waals surface area contributed by atoms with E-state index in [0.717, 1.165) is 23.4 Å². The van der Waals surface area contributed by atoms with Crippen LogP contribution in [0.5, 0.6) is 5.75 Å². The normalized spacial score (nSPS) is 10.6. The summed E-state index contributed by atoms with van der Waals surface area (Å²) < 4.78 is 10.1. The van der Waals surface area contributed by atoms with Crippen molar-refractivity contribution in [3.63, 3.8) is 0 Å². The van der Waals surface area contributed by atoms with Crippen LogP contribution in [0.1, 0.15) is 30.5 Å². The first-order chi connectivity index (χ1) is 8.93. The Hall–Kier alpha value is -1.55. The quantitative estimate of drug-likeness (QED) is 0.802. The number of esters is 1. The van der Waals surface area contributed by atoms with Gasteiger partial charge in [0.1, 0.15) is 5.75 Å². The highest BCUT2D eigenvalue weighted by atomic mass is 16.6. The van der Waals surface area contributed by atoms with Crippen molar-refractivity contribution in [2.24, 2.45) is 0 Å². The molecule has 106 valence electrons. The molecule has 0 amide bonds. The average molecular weight is 265 g/mol. The number of hydrogen-bond donors (Lipinski definition) is 1. The molecular weight excluding hydrogens is 242 g/mol. The zero-order valence-electron chi connectivity index (χ0n) is 12.4. The van der Waals surface area contributed by atoms with Crippen LogP contribution in [-0.4, -0.2) is 25.7 Å². The first-order valence-electron chi connectivity index (χ1n) is 6.47. The number of methoxy groups -OCH3 is 1. The number of carbonyl (C=O) groups is 1. The fraction of sp³-hybridized carbons (Fsp3) is 0.533. The van der Waals surface area contributed by atoms with Crippen molar-refractivity contribution in [2.75, 3.05) is 13.7 Å². The first-order valence-corrected chi connectivity index (χ1v) is 6.47. The molecule has 0 heterocycles. The Labute approximate surface area is 115 Å².